The van der Waals surface area contributed by atoms with Gasteiger partial charge in [0.2, 0.25) is 0 Å². The van der Waals surface area contributed by atoms with Crippen LogP contribution in [0.1, 0.15) is 22.3 Å². The highest BCUT2D eigenvalue weighted by atomic mass is 16.6. The summed E-state index contributed by atoms with van der Waals surface area (Å²) >= 11 is 0. The van der Waals surface area contributed by atoms with E-state index in [1.54, 1.807) is 0 Å². The van der Waals surface area contributed by atoms with Gasteiger partial charge in [-0.25, -0.2) is 0 Å². The fraction of sp³-hybridized carbons (Fsp3) is 0.226. The highest BCUT2D eigenvalue weighted by Gasteiger charge is 2.45. The summed E-state index contributed by atoms with van der Waals surface area (Å²) in [5, 5.41) is 0. The van der Waals surface area contributed by atoms with Crippen molar-refractivity contribution in [1.29, 1.82) is 0 Å². The minimum absolute atomic E-state index is 0.254. The van der Waals surface area contributed by atoms with E-state index in [1.807, 2.05) is 0 Å². The number of hydrogen-bond acceptors (Lipinski definition) is 3. The first-order chi connectivity index (χ1) is 16.9. The van der Waals surface area contributed by atoms with E-state index < -0.39 is 0 Å². The lowest BCUT2D eigenvalue weighted by molar-refractivity contribution is 0.102. The third-order valence-electron chi connectivity index (χ3n) is 6.78. The molecule has 2 heterocycles. The molecular formula is C31H28O3. The Morgan fingerprint density at radius 1 is 0.559 bits per heavy atom. The Labute approximate surface area is 200 Å². The molecule has 2 fully saturated rings. The summed E-state index contributed by atoms with van der Waals surface area (Å²) in [5.41, 5.74) is 7.80. The Balaban J connectivity index is 0.000000202. The van der Waals surface area contributed by atoms with Crippen LogP contribution in [0.3, 0.4) is 0 Å². The van der Waals surface area contributed by atoms with Crippen LogP contribution in [0.5, 0.6) is 0 Å². The van der Waals surface area contributed by atoms with Gasteiger partial charge in [0.1, 0.15) is 12.2 Å². The van der Waals surface area contributed by atoms with Crippen molar-refractivity contribution < 1.29 is 14.2 Å². The van der Waals surface area contributed by atoms with Crippen molar-refractivity contribution in [3.05, 3.63) is 131 Å². The lowest BCUT2D eigenvalue weighted by Crippen LogP contribution is -2.28. The predicted molar refractivity (Wildman–Crippen MR) is 134 cm³/mol. The summed E-state index contributed by atoms with van der Waals surface area (Å²) < 4.78 is 15.1. The number of benzene rings is 4. The van der Waals surface area contributed by atoms with Gasteiger partial charge in [-0.15, -0.1) is 0 Å². The molecule has 0 aromatic heterocycles. The van der Waals surface area contributed by atoms with Gasteiger partial charge < -0.3 is 14.2 Å². The van der Waals surface area contributed by atoms with Crippen molar-refractivity contribution in [3.63, 3.8) is 0 Å². The Bertz CT molecular complexity index is 1140. The third kappa shape index (κ3) is 3.97. The van der Waals surface area contributed by atoms with Gasteiger partial charge in [0.25, 0.3) is 0 Å². The fourth-order valence-corrected chi connectivity index (χ4v) is 5.06. The normalized spacial score (nSPS) is 20.5. The zero-order valence-corrected chi connectivity index (χ0v) is 19.1. The lowest BCUT2D eigenvalue weighted by Gasteiger charge is -2.33. The summed E-state index contributed by atoms with van der Waals surface area (Å²) in [7, 11) is 0. The molecular weight excluding hydrogens is 420 g/mol. The molecule has 4 aromatic rings. The monoisotopic (exact) mass is 448 g/mol. The van der Waals surface area contributed by atoms with Gasteiger partial charge >= 0.3 is 0 Å². The first-order valence-corrected chi connectivity index (χ1v) is 12.0. The Hall–Kier alpha value is -3.24. The van der Waals surface area contributed by atoms with E-state index in [0.29, 0.717) is 12.2 Å². The minimum atomic E-state index is -0.254. The number of ether oxygens (including phenoxy) is 3. The number of epoxide rings is 2. The third-order valence-corrected chi connectivity index (χ3v) is 6.78. The molecule has 3 nitrogen and oxygen atoms in total. The van der Waals surface area contributed by atoms with Crippen LogP contribution >= 0.6 is 0 Å². The molecule has 0 spiro atoms. The largest absolute Gasteiger partial charge is 0.376 e. The maximum Gasteiger partial charge on any atom is 0.104 e. The van der Waals surface area contributed by atoms with Gasteiger partial charge in [0, 0.05) is 0 Å². The second-order valence-electron chi connectivity index (χ2n) is 9.02. The topological polar surface area (TPSA) is 34.3 Å². The Morgan fingerprint density at radius 3 is 1.35 bits per heavy atom. The summed E-state index contributed by atoms with van der Waals surface area (Å²) in [4.78, 5) is 0. The van der Waals surface area contributed by atoms with Crippen LogP contribution in [0.2, 0.25) is 0 Å². The number of fused-ring (bicyclic) bond motifs is 3. The average Bonchev–Trinajstić information content (AvgIpc) is 3.85. The number of hydrogen-bond donors (Lipinski definition) is 0. The van der Waals surface area contributed by atoms with E-state index in [0.717, 1.165) is 26.4 Å². The summed E-state index contributed by atoms with van der Waals surface area (Å²) in [5.74, 6) is 0. The molecule has 3 heteroatoms. The summed E-state index contributed by atoms with van der Waals surface area (Å²) in [6.07, 6.45) is 0.785. The second-order valence-corrected chi connectivity index (χ2v) is 9.02. The van der Waals surface area contributed by atoms with Gasteiger partial charge in [-0.2, -0.15) is 0 Å². The molecule has 2 saturated heterocycles. The smallest absolute Gasteiger partial charge is 0.104 e. The van der Waals surface area contributed by atoms with E-state index >= 15 is 0 Å². The maximum atomic E-state index is 5.23. The van der Waals surface area contributed by atoms with Gasteiger partial charge in [-0.05, 0) is 33.4 Å². The molecule has 3 aliphatic rings. The van der Waals surface area contributed by atoms with E-state index in [1.165, 1.54) is 33.4 Å². The molecule has 2 atom stereocenters. The molecule has 0 amide bonds. The highest BCUT2D eigenvalue weighted by molar-refractivity contribution is 5.86. The van der Waals surface area contributed by atoms with Crippen molar-refractivity contribution in [2.75, 3.05) is 26.4 Å². The van der Waals surface area contributed by atoms with E-state index in [2.05, 4.69) is 109 Å². The van der Waals surface area contributed by atoms with Crippen molar-refractivity contribution >= 4 is 0 Å². The zero-order chi connectivity index (χ0) is 22.8. The minimum Gasteiger partial charge on any atom is -0.376 e. The molecule has 0 radical (unpaired) electrons. The average molecular weight is 449 g/mol. The Kier molecular flexibility index (Phi) is 5.76. The van der Waals surface area contributed by atoms with E-state index in [4.69, 9.17) is 14.2 Å². The van der Waals surface area contributed by atoms with E-state index in [9.17, 15) is 0 Å². The van der Waals surface area contributed by atoms with Crippen LogP contribution in [0.4, 0.5) is 0 Å². The van der Waals surface area contributed by atoms with Crippen LogP contribution in [-0.4, -0.2) is 38.6 Å². The van der Waals surface area contributed by atoms with Crippen molar-refractivity contribution in [2.24, 2.45) is 0 Å². The Morgan fingerprint density at radius 2 is 0.941 bits per heavy atom. The molecule has 0 bridgehead atoms. The first kappa shape index (κ1) is 21.3. The van der Waals surface area contributed by atoms with Crippen molar-refractivity contribution in [2.45, 2.75) is 17.6 Å². The van der Waals surface area contributed by atoms with E-state index in [-0.39, 0.29) is 5.41 Å². The van der Waals surface area contributed by atoms with Crippen LogP contribution in [0.15, 0.2) is 109 Å². The molecule has 34 heavy (non-hydrogen) atoms. The van der Waals surface area contributed by atoms with Crippen molar-refractivity contribution in [1.82, 2.24) is 0 Å². The SMILES string of the molecule is C(OCC1CO1)C1CO1.c1ccc(C2(c3ccccc3)c3ccccc3-c3ccccc32)cc1. The van der Waals surface area contributed by atoms with Gasteiger partial charge in [0.15, 0.2) is 0 Å². The molecule has 170 valence electrons. The molecule has 1 aliphatic carbocycles. The zero-order valence-electron chi connectivity index (χ0n) is 19.1. The fourth-order valence-electron chi connectivity index (χ4n) is 5.06. The molecule has 4 aromatic carbocycles. The predicted octanol–water partition coefficient (Wildman–Crippen LogP) is 5.85. The van der Waals surface area contributed by atoms with Gasteiger partial charge in [-0.3, -0.25) is 0 Å². The van der Waals surface area contributed by atoms with Crippen LogP contribution in [-0.2, 0) is 19.6 Å². The summed E-state index contributed by atoms with van der Waals surface area (Å²) in [6, 6.07) is 39.5. The maximum absolute atomic E-state index is 5.23. The molecule has 7 rings (SSSR count). The summed E-state index contributed by atoms with van der Waals surface area (Å²) in [6.45, 7) is 3.26. The standard InChI is InChI=1S/C25H18.C6H10O3/c1-3-11-19(12-4-1)25(20-13-5-2-6-14-20)23-17-9-7-15-21(23)22-16-8-10-18-24(22)25;1(5-3-8-5)7-2-6-4-9-6/h1-18H;5-6H,1-4H2. The van der Waals surface area contributed by atoms with Gasteiger partial charge in [0.05, 0.1) is 31.8 Å². The molecule has 2 unspecified atom stereocenters. The van der Waals surface area contributed by atoms with Crippen LogP contribution < -0.4 is 0 Å². The highest BCUT2D eigenvalue weighted by Crippen LogP contribution is 2.55. The quantitative estimate of drug-likeness (QED) is 0.306. The lowest BCUT2D eigenvalue weighted by atomic mass is 9.68. The van der Waals surface area contributed by atoms with Crippen LogP contribution in [0, 0.1) is 0 Å². The van der Waals surface area contributed by atoms with Crippen LogP contribution in [0.25, 0.3) is 11.1 Å². The molecule has 0 saturated carbocycles. The number of rotatable bonds is 6. The molecule has 2 aliphatic heterocycles. The van der Waals surface area contributed by atoms with Gasteiger partial charge in [-0.1, -0.05) is 109 Å². The van der Waals surface area contributed by atoms with Crippen molar-refractivity contribution in [3.8, 4) is 11.1 Å². The first-order valence-electron chi connectivity index (χ1n) is 12.0. The molecule has 0 N–H and O–H groups in total. The second kappa shape index (κ2) is 9.19.